The molecule has 4 rings (SSSR count). The lowest BCUT2D eigenvalue weighted by molar-refractivity contribution is 0.416. The van der Waals surface area contributed by atoms with Crippen LogP contribution in [0.5, 0.6) is 5.75 Å². The first-order valence-electron chi connectivity index (χ1n) is 8.79. The number of aryl methyl sites for hydroxylation is 2. The maximum Gasteiger partial charge on any atom is 0.196 e. The molecule has 4 aromatic rings. The van der Waals surface area contributed by atoms with Gasteiger partial charge in [0.15, 0.2) is 11.0 Å². The minimum atomic E-state index is 0.645. The van der Waals surface area contributed by atoms with Gasteiger partial charge in [0.1, 0.15) is 17.9 Å². The summed E-state index contributed by atoms with van der Waals surface area (Å²) in [7, 11) is 3.59. The van der Waals surface area contributed by atoms with E-state index in [9.17, 15) is 0 Å². The lowest BCUT2D eigenvalue weighted by atomic mass is 10.1. The van der Waals surface area contributed by atoms with Crippen molar-refractivity contribution < 1.29 is 4.74 Å². The van der Waals surface area contributed by atoms with E-state index in [-0.39, 0.29) is 0 Å². The Labute approximate surface area is 167 Å². The SMILES string of the molecule is COc1ccccc1-c1nnc(SCc2nncn2C)n1-c1ccc(C)cc1. The number of para-hydroxylation sites is 1. The average molecular weight is 392 g/mol. The Morgan fingerprint density at radius 3 is 2.50 bits per heavy atom. The molecule has 2 aromatic heterocycles. The zero-order valence-electron chi connectivity index (χ0n) is 15.9. The molecule has 0 amide bonds. The van der Waals surface area contributed by atoms with Crippen LogP contribution >= 0.6 is 11.8 Å². The summed E-state index contributed by atoms with van der Waals surface area (Å²) in [6, 6.07) is 16.1. The van der Waals surface area contributed by atoms with Crippen LogP contribution in [0.1, 0.15) is 11.4 Å². The molecule has 2 aromatic carbocycles. The van der Waals surface area contributed by atoms with Crippen LogP contribution in [0.25, 0.3) is 17.1 Å². The Morgan fingerprint density at radius 2 is 1.79 bits per heavy atom. The highest BCUT2D eigenvalue weighted by atomic mass is 32.2. The lowest BCUT2D eigenvalue weighted by Gasteiger charge is -2.12. The second-order valence-corrected chi connectivity index (χ2v) is 7.27. The van der Waals surface area contributed by atoms with Crippen molar-refractivity contribution in [1.82, 2.24) is 29.5 Å². The summed E-state index contributed by atoms with van der Waals surface area (Å²) in [5, 5.41) is 17.8. The van der Waals surface area contributed by atoms with Crippen molar-refractivity contribution >= 4 is 11.8 Å². The van der Waals surface area contributed by atoms with Crippen LogP contribution in [-0.4, -0.2) is 36.6 Å². The van der Waals surface area contributed by atoms with Crippen LogP contribution in [0.15, 0.2) is 60.0 Å². The molecule has 0 aliphatic heterocycles. The van der Waals surface area contributed by atoms with E-state index in [4.69, 9.17) is 4.74 Å². The predicted octanol–water partition coefficient (Wildman–Crippen LogP) is 3.67. The van der Waals surface area contributed by atoms with E-state index in [1.807, 2.05) is 35.9 Å². The summed E-state index contributed by atoms with van der Waals surface area (Å²) in [6.07, 6.45) is 1.70. The Morgan fingerprint density at radius 1 is 1.00 bits per heavy atom. The normalized spacial score (nSPS) is 11.0. The molecule has 0 unspecified atom stereocenters. The summed E-state index contributed by atoms with van der Waals surface area (Å²) in [5.41, 5.74) is 3.09. The molecular formula is C20H20N6OS. The fraction of sp³-hybridized carbons (Fsp3) is 0.200. The number of benzene rings is 2. The number of methoxy groups -OCH3 is 1. The van der Waals surface area contributed by atoms with Crippen LogP contribution in [0.2, 0.25) is 0 Å². The van der Waals surface area contributed by atoms with Gasteiger partial charge in [-0.05, 0) is 31.2 Å². The number of thioether (sulfide) groups is 1. The van der Waals surface area contributed by atoms with Crippen LogP contribution in [-0.2, 0) is 12.8 Å². The molecule has 0 radical (unpaired) electrons. The van der Waals surface area contributed by atoms with Gasteiger partial charge in [-0.25, -0.2) is 0 Å². The molecule has 28 heavy (non-hydrogen) atoms. The van der Waals surface area contributed by atoms with Crippen molar-refractivity contribution in [3.63, 3.8) is 0 Å². The average Bonchev–Trinajstić information content (AvgIpc) is 3.33. The molecule has 8 heteroatoms. The van der Waals surface area contributed by atoms with Gasteiger partial charge in [-0.2, -0.15) is 0 Å². The monoisotopic (exact) mass is 392 g/mol. The molecule has 0 N–H and O–H groups in total. The summed E-state index contributed by atoms with van der Waals surface area (Å²) in [4.78, 5) is 0. The third-order valence-corrected chi connectivity index (χ3v) is 5.33. The minimum absolute atomic E-state index is 0.645. The van der Waals surface area contributed by atoms with Gasteiger partial charge in [0.2, 0.25) is 0 Å². The number of ether oxygens (including phenoxy) is 1. The van der Waals surface area contributed by atoms with Gasteiger partial charge in [0.05, 0.1) is 18.4 Å². The maximum atomic E-state index is 5.54. The molecule has 0 saturated carbocycles. The second kappa shape index (κ2) is 7.85. The lowest BCUT2D eigenvalue weighted by Crippen LogP contribution is -2.02. The van der Waals surface area contributed by atoms with Crippen LogP contribution in [0, 0.1) is 6.92 Å². The van der Waals surface area contributed by atoms with Gasteiger partial charge >= 0.3 is 0 Å². The van der Waals surface area contributed by atoms with Crippen LogP contribution < -0.4 is 4.74 Å². The number of nitrogens with zero attached hydrogens (tertiary/aromatic N) is 6. The molecular weight excluding hydrogens is 372 g/mol. The van der Waals surface area contributed by atoms with E-state index in [1.165, 1.54) is 5.56 Å². The molecule has 0 spiro atoms. The molecule has 0 aliphatic carbocycles. The third-order valence-electron chi connectivity index (χ3n) is 4.41. The zero-order chi connectivity index (χ0) is 19.5. The molecule has 7 nitrogen and oxygen atoms in total. The standard InChI is InChI=1S/C20H20N6OS/c1-14-8-10-15(11-9-14)26-19(16-6-4-5-7-17(16)27-3)23-24-20(26)28-12-18-22-21-13-25(18)2/h4-11,13H,12H2,1-3H3. The largest absolute Gasteiger partial charge is 0.496 e. The first-order chi connectivity index (χ1) is 13.7. The molecule has 0 bridgehead atoms. The number of aromatic nitrogens is 6. The molecule has 142 valence electrons. The fourth-order valence-electron chi connectivity index (χ4n) is 2.86. The Balaban J connectivity index is 1.79. The first kappa shape index (κ1) is 18.2. The fourth-order valence-corrected chi connectivity index (χ4v) is 3.80. The van der Waals surface area contributed by atoms with Crippen molar-refractivity contribution in [1.29, 1.82) is 0 Å². The number of rotatable bonds is 6. The van der Waals surface area contributed by atoms with Crippen molar-refractivity contribution in [3.8, 4) is 22.8 Å². The van der Waals surface area contributed by atoms with E-state index in [0.29, 0.717) is 5.75 Å². The first-order valence-corrected chi connectivity index (χ1v) is 9.77. The van der Waals surface area contributed by atoms with Gasteiger partial charge in [-0.1, -0.05) is 41.6 Å². The summed E-state index contributed by atoms with van der Waals surface area (Å²) in [5.74, 6) is 3.02. The van der Waals surface area contributed by atoms with E-state index < -0.39 is 0 Å². The van der Waals surface area contributed by atoms with Crippen molar-refractivity contribution in [2.45, 2.75) is 17.8 Å². The van der Waals surface area contributed by atoms with Gasteiger partial charge < -0.3 is 9.30 Å². The van der Waals surface area contributed by atoms with Crippen LogP contribution in [0.4, 0.5) is 0 Å². The highest BCUT2D eigenvalue weighted by Gasteiger charge is 2.19. The van der Waals surface area contributed by atoms with Crippen molar-refractivity contribution in [2.75, 3.05) is 7.11 Å². The van der Waals surface area contributed by atoms with E-state index >= 15 is 0 Å². The molecule has 2 heterocycles. The van der Waals surface area contributed by atoms with Gasteiger partial charge in [0, 0.05) is 12.7 Å². The summed E-state index contributed by atoms with van der Waals surface area (Å²) >= 11 is 1.57. The molecule has 0 fully saturated rings. The Bertz CT molecular complexity index is 1090. The second-order valence-electron chi connectivity index (χ2n) is 6.32. The number of hydrogen-bond donors (Lipinski definition) is 0. The summed E-state index contributed by atoms with van der Waals surface area (Å²) < 4.78 is 9.50. The Kier molecular flexibility index (Phi) is 5.12. The van der Waals surface area contributed by atoms with E-state index in [2.05, 4.69) is 56.2 Å². The van der Waals surface area contributed by atoms with Crippen LogP contribution in [0.3, 0.4) is 0 Å². The highest BCUT2D eigenvalue weighted by molar-refractivity contribution is 7.98. The van der Waals surface area contributed by atoms with E-state index in [0.717, 1.165) is 33.8 Å². The topological polar surface area (TPSA) is 70.7 Å². The minimum Gasteiger partial charge on any atom is -0.496 e. The quantitative estimate of drug-likeness (QED) is 0.466. The van der Waals surface area contributed by atoms with Crippen molar-refractivity contribution in [2.24, 2.45) is 7.05 Å². The summed E-state index contributed by atoms with van der Waals surface area (Å²) in [6.45, 7) is 2.07. The molecule has 0 aliphatic rings. The smallest absolute Gasteiger partial charge is 0.196 e. The maximum absolute atomic E-state index is 5.54. The number of hydrogen-bond acceptors (Lipinski definition) is 6. The van der Waals surface area contributed by atoms with Gasteiger partial charge in [-0.3, -0.25) is 4.57 Å². The van der Waals surface area contributed by atoms with Crippen molar-refractivity contribution in [3.05, 3.63) is 66.2 Å². The highest BCUT2D eigenvalue weighted by Crippen LogP contribution is 2.33. The molecule has 0 atom stereocenters. The molecule has 0 saturated heterocycles. The van der Waals surface area contributed by atoms with E-state index in [1.54, 1.807) is 25.2 Å². The van der Waals surface area contributed by atoms with Gasteiger partial charge in [-0.15, -0.1) is 20.4 Å². The third kappa shape index (κ3) is 3.50. The predicted molar refractivity (Wildman–Crippen MR) is 109 cm³/mol. The zero-order valence-corrected chi connectivity index (χ0v) is 16.7. The Hall–Kier alpha value is -3.13. The van der Waals surface area contributed by atoms with Gasteiger partial charge in [0.25, 0.3) is 0 Å².